The fourth-order valence-corrected chi connectivity index (χ4v) is 10.9. The van der Waals surface area contributed by atoms with Gasteiger partial charge in [-0.25, -0.2) is 27.8 Å². The van der Waals surface area contributed by atoms with Gasteiger partial charge in [-0.1, -0.05) is 42.0 Å². The van der Waals surface area contributed by atoms with E-state index in [1.54, 1.807) is 10.9 Å². The Labute approximate surface area is 563 Å². The zero-order valence-electron chi connectivity index (χ0n) is 54.8. The molecule has 0 radical (unpaired) electrons. The molecule has 530 valence electrons. The van der Waals surface area contributed by atoms with E-state index < -0.39 is 52.2 Å². The number of Topliss-reactive ketones (excluding diaryl/α,β-unsaturated/α-hetero) is 2. The monoisotopic (exact) mass is 1370 g/mol. The van der Waals surface area contributed by atoms with Crippen molar-refractivity contribution in [3.8, 4) is 23.4 Å². The first-order valence-corrected chi connectivity index (χ1v) is 32.6. The number of H-pyrrole nitrogens is 1. The van der Waals surface area contributed by atoms with E-state index in [1.165, 1.54) is 35.4 Å². The summed E-state index contributed by atoms with van der Waals surface area (Å²) in [6.45, 7) is 5.63. The second-order valence-electron chi connectivity index (χ2n) is 23.3. The molecule has 98 heavy (non-hydrogen) atoms. The number of ether oxygens (including phenoxy) is 10. The number of unbranched alkanes of at least 4 members (excludes halogenated alkanes) is 1. The van der Waals surface area contributed by atoms with Crippen LogP contribution in [-0.4, -0.2) is 223 Å². The van der Waals surface area contributed by atoms with Gasteiger partial charge in [0.25, 0.3) is 17.6 Å². The second-order valence-corrected chi connectivity index (χ2v) is 23.3. The third kappa shape index (κ3) is 22.8. The number of aromatic nitrogens is 8. The van der Waals surface area contributed by atoms with E-state index in [0.717, 1.165) is 17.6 Å². The van der Waals surface area contributed by atoms with Gasteiger partial charge < -0.3 is 72.8 Å². The van der Waals surface area contributed by atoms with E-state index in [-0.39, 0.29) is 113 Å². The SMILES string of the molecule is COc1cnc(-n2cnc(C(=O)NCCCCC(CO)(CO)CC[C@H]3CC3C(=O)CCOCCOCCOCCOCc3cn(CCOCCOCCOCCOCCC(=O)Oc4c(F)cc(F)cc4F)nn3)n2)c2[nH]cc(C(=O)C(=O)N3CCC(=C(C#N)c4ccccc4)CC3)c12. The number of nitrogens with zero attached hydrogens (tertiary/aromatic N) is 9. The number of methoxy groups -OCH3 is 1. The van der Waals surface area contributed by atoms with Gasteiger partial charge in [-0.2, -0.15) is 9.94 Å². The van der Waals surface area contributed by atoms with Crippen LogP contribution in [0.2, 0.25) is 0 Å². The Balaban J connectivity index is 0.592. The van der Waals surface area contributed by atoms with Crippen molar-refractivity contribution in [2.75, 3.05) is 139 Å². The molecule has 2 aromatic carbocycles. The van der Waals surface area contributed by atoms with E-state index in [1.807, 2.05) is 30.3 Å². The van der Waals surface area contributed by atoms with Crippen molar-refractivity contribution in [3.63, 3.8) is 0 Å². The average Bonchev–Trinajstić information content (AvgIpc) is 1.59. The molecule has 1 aliphatic heterocycles. The van der Waals surface area contributed by atoms with Crippen LogP contribution in [0, 0.1) is 46.0 Å². The van der Waals surface area contributed by atoms with Crippen molar-refractivity contribution >= 4 is 45.8 Å². The standard InChI is InChI=1S/C67H84F3N11O17/c1-89-57-40-74-64(60-59(57)53(39-73-60)61(86)66(88)79-17-10-47(11-18-79)52(38-71)46-7-3-2-4-8-46)81-45-75-63(77-81)65(87)72-16-6-5-14-67(43-82,44-83)15-9-48-35-51(48)56(84)12-20-90-23-26-93-31-32-96-33-34-97-42-50-41-80(78-76-50)19-22-92-25-28-95-30-29-94-27-24-91-21-13-58(85)98-62-54(69)36-49(68)37-55(62)70/h2-4,7-8,36-37,39-41,45,48,51,73,82-83H,5-6,9-35,42-44H2,1H3,(H,72,87)/t48-,51?/m0/s1. The highest BCUT2D eigenvalue weighted by atomic mass is 19.1. The van der Waals surface area contributed by atoms with Crippen molar-refractivity contribution in [1.29, 1.82) is 5.26 Å². The minimum Gasteiger partial charge on any atom is -0.494 e. The molecular formula is C67H84F3N11O17. The van der Waals surface area contributed by atoms with Gasteiger partial charge in [0.1, 0.15) is 29.4 Å². The molecule has 1 saturated carbocycles. The highest BCUT2D eigenvalue weighted by Crippen LogP contribution is 2.46. The van der Waals surface area contributed by atoms with Crippen LogP contribution >= 0.6 is 0 Å². The molecular weight excluding hydrogens is 1290 g/mol. The lowest BCUT2D eigenvalue weighted by molar-refractivity contribution is -0.136. The zero-order valence-corrected chi connectivity index (χ0v) is 54.8. The number of piperidine rings is 1. The zero-order chi connectivity index (χ0) is 69.5. The number of nitriles is 1. The number of hydrogen-bond acceptors (Lipinski definition) is 23. The van der Waals surface area contributed by atoms with Crippen molar-refractivity contribution in [2.24, 2.45) is 17.3 Å². The number of halogens is 3. The number of allylic oxidation sites excluding steroid dienone is 1. The number of carbonyl (C=O) groups is 5. The summed E-state index contributed by atoms with van der Waals surface area (Å²) in [7, 11) is 1.42. The number of aliphatic hydroxyl groups excluding tert-OH is 2. The summed E-state index contributed by atoms with van der Waals surface area (Å²) in [5.41, 5.74) is 2.65. The summed E-state index contributed by atoms with van der Waals surface area (Å²) >= 11 is 0. The fourth-order valence-electron chi connectivity index (χ4n) is 10.9. The maximum absolute atomic E-state index is 13.8. The summed E-state index contributed by atoms with van der Waals surface area (Å²) in [4.78, 5) is 78.6. The summed E-state index contributed by atoms with van der Waals surface area (Å²) in [6.07, 6.45) is 10.5. The fraction of sp³-hybridized carbons (Fsp3) is 0.537. The number of carbonyl (C=O) groups excluding carboxylic acids is 5. The summed E-state index contributed by atoms with van der Waals surface area (Å²) in [6, 6.07) is 12.5. The number of esters is 1. The number of hydrogen-bond donors (Lipinski definition) is 4. The second kappa shape index (κ2) is 39.8. The molecule has 5 heterocycles. The number of amides is 2. The normalized spacial score (nSPS) is 14.6. The maximum Gasteiger partial charge on any atom is 0.313 e. The molecule has 2 atom stereocenters. The van der Waals surface area contributed by atoms with Gasteiger partial charge in [0.2, 0.25) is 11.6 Å². The predicted octanol–water partition coefficient (Wildman–Crippen LogP) is 5.52. The Hall–Kier alpha value is -8.42. The van der Waals surface area contributed by atoms with Crippen LogP contribution in [0.3, 0.4) is 0 Å². The molecule has 1 saturated heterocycles. The number of nitrogens with one attached hydrogen (secondary N) is 2. The third-order valence-electron chi connectivity index (χ3n) is 16.5. The van der Waals surface area contributed by atoms with Gasteiger partial charge in [0.05, 0.1) is 180 Å². The Morgan fingerprint density at radius 2 is 1.40 bits per heavy atom. The van der Waals surface area contributed by atoms with Gasteiger partial charge in [-0.05, 0) is 62.0 Å². The van der Waals surface area contributed by atoms with Crippen LogP contribution in [0.15, 0.2) is 73.0 Å². The van der Waals surface area contributed by atoms with Crippen LogP contribution in [-0.2, 0) is 65.4 Å². The number of ketones is 2. The number of benzene rings is 2. The molecule has 4 N–H and O–H groups in total. The van der Waals surface area contributed by atoms with Crippen LogP contribution < -0.4 is 14.8 Å². The first kappa shape index (κ1) is 75.4. The summed E-state index contributed by atoms with van der Waals surface area (Å²) < 4.78 is 97.5. The van der Waals surface area contributed by atoms with Crippen LogP contribution in [0.4, 0.5) is 13.2 Å². The molecule has 4 aromatic heterocycles. The molecule has 8 rings (SSSR count). The maximum atomic E-state index is 13.8. The van der Waals surface area contributed by atoms with E-state index in [9.17, 15) is 52.6 Å². The van der Waals surface area contributed by atoms with Crippen molar-refractivity contribution in [1.82, 2.24) is 49.9 Å². The summed E-state index contributed by atoms with van der Waals surface area (Å²) in [5, 5.41) is 46.4. The highest BCUT2D eigenvalue weighted by molar-refractivity contribution is 6.45. The molecule has 1 aliphatic carbocycles. The van der Waals surface area contributed by atoms with Gasteiger partial charge in [-0.15, -0.1) is 10.2 Å². The predicted molar refractivity (Wildman–Crippen MR) is 342 cm³/mol. The van der Waals surface area contributed by atoms with E-state index in [0.29, 0.717) is 165 Å². The third-order valence-corrected chi connectivity index (χ3v) is 16.5. The Bertz CT molecular complexity index is 3580. The Morgan fingerprint density at radius 3 is 2.03 bits per heavy atom. The van der Waals surface area contributed by atoms with Gasteiger partial charge in [-0.3, -0.25) is 24.0 Å². The first-order valence-electron chi connectivity index (χ1n) is 32.6. The lowest BCUT2D eigenvalue weighted by Gasteiger charge is -2.30. The van der Waals surface area contributed by atoms with Crippen LogP contribution in [0.1, 0.15) is 96.4 Å². The minimum atomic E-state index is -1.32. The van der Waals surface area contributed by atoms with E-state index in [2.05, 4.69) is 46.5 Å². The van der Waals surface area contributed by atoms with Gasteiger partial charge >= 0.3 is 5.97 Å². The molecule has 2 fully saturated rings. The number of aliphatic hydroxyl groups is 2. The van der Waals surface area contributed by atoms with Gasteiger partial charge in [0.15, 0.2) is 17.5 Å². The van der Waals surface area contributed by atoms with Crippen LogP contribution in [0.5, 0.6) is 11.5 Å². The molecule has 1 unspecified atom stereocenters. The van der Waals surface area contributed by atoms with Crippen molar-refractivity contribution in [2.45, 2.75) is 77.4 Å². The average molecular weight is 1370 g/mol. The van der Waals surface area contributed by atoms with Crippen molar-refractivity contribution in [3.05, 3.63) is 113 Å². The topological polar surface area (TPSA) is 347 Å². The molecule has 6 aromatic rings. The summed E-state index contributed by atoms with van der Waals surface area (Å²) in [5.74, 6) is -7.06. The highest BCUT2D eigenvalue weighted by Gasteiger charge is 2.43. The molecule has 0 bridgehead atoms. The smallest absolute Gasteiger partial charge is 0.313 e. The number of likely N-dealkylation sites (tertiary alicyclic amines) is 1. The lowest BCUT2D eigenvalue weighted by atomic mass is 9.79. The number of aromatic amines is 1. The number of fused-ring (bicyclic) bond motifs is 1. The number of rotatable bonds is 47. The quantitative estimate of drug-likeness (QED) is 0.00912. The van der Waals surface area contributed by atoms with Crippen molar-refractivity contribution < 1.29 is 94.7 Å². The number of pyridine rings is 1. The van der Waals surface area contributed by atoms with Gasteiger partial charge in [0, 0.05) is 55.7 Å². The first-order chi connectivity index (χ1) is 47.7. The van der Waals surface area contributed by atoms with Crippen LogP contribution in [0.25, 0.3) is 22.3 Å². The Kier molecular flexibility index (Phi) is 30.6. The van der Waals surface area contributed by atoms with E-state index >= 15 is 0 Å². The molecule has 28 nitrogen and oxygen atoms in total. The molecule has 31 heteroatoms. The lowest BCUT2D eigenvalue weighted by Crippen LogP contribution is -2.40. The largest absolute Gasteiger partial charge is 0.494 e. The minimum absolute atomic E-state index is 0.0627. The Morgan fingerprint density at radius 1 is 0.776 bits per heavy atom. The van der Waals surface area contributed by atoms with E-state index in [4.69, 9.17) is 42.6 Å². The molecule has 2 aliphatic rings. The molecule has 0 spiro atoms. The molecule has 2 amide bonds.